The Balaban J connectivity index is 1.34. The van der Waals surface area contributed by atoms with Gasteiger partial charge >= 0.3 is 0 Å². The molecule has 0 amide bonds. The monoisotopic (exact) mass is 314 g/mol. The van der Waals surface area contributed by atoms with E-state index in [0.717, 1.165) is 25.6 Å². The van der Waals surface area contributed by atoms with E-state index in [1.807, 2.05) is 0 Å². The molecule has 2 atom stereocenters. The van der Waals surface area contributed by atoms with E-state index in [9.17, 15) is 0 Å². The first-order valence-electron chi connectivity index (χ1n) is 9.51. The predicted octanol–water partition coefficient (Wildman–Crippen LogP) is 3.02. The summed E-state index contributed by atoms with van der Waals surface area (Å²) in [6.45, 7) is 5.72. The fraction of sp³-hybridized carbons (Fsp3) is 0.700. The number of benzene rings is 1. The number of nitrogens with one attached hydrogen (secondary N) is 1. The van der Waals surface area contributed by atoms with Gasteiger partial charge in [-0.2, -0.15) is 0 Å². The van der Waals surface area contributed by atoms with Crippen molar-refractivity contribution in [2.45, 2.75) is 50.2 Å². The number of ether oxygens (including phenoxy) is 1. The second-order valence-electron chi connectivity index (χ2n) is 7.59. The van der Waals surface area contributed by atoms with E-state index < -0.39 is 0 Å². The molecule has 1 saturated carbocycles. The minimum atomic E-state index is 0.517. The average Bonchev–Trinajstić information content (AvgIpc) is 3.46. The van der Waals surface area contributed by atoms with Crippen LogP contribution in [0, 0.1) is 5.92 Å². The van der Waals surface area contributed by atoms with Gasteiger partial charge < -0.3 is 10.1 Å². The van der Waals surface area contributed by atoms with Crippen molar-refractivity contribution in [1.82, 2.24) is 10.2 Å². The molecule has 126 valence electrons. The Morgan fingerprint density at radius 2 is 1.78 bits per heavy atom. The number of likely N-dealkylation sites (tertiary alicyclic amines) is 1. The summed E-state index contributed by atoms with van der Waals surface area (Å²) >= 11 is 0. The van der Waals surface area contributed by atoms with Crippen molar-refractivity contribution in [3.63, 3.8) is 0 Å². The number of rotatable bonds is 5. The Bertz CT molecular complexity index is 480. The molecule has 0 radical (unpaired) electrons. The van der Waals surface area contributed by atoms with Crippen molar-refractivity contribution in [2.24, 2.45) is 5.92 Å². The highest BCUT2D eigenvalue weighted by Gasteiger charge is 2.33. The molecule has 3 aliphatic rings. The molecule has 1 aliphatic carbocycles. The summed E-state index contributed by atoms with van der Waals surface area (Å²) < 4.78 is 6.11. The fourth-order valence-electron chi connectivity index (χ4n) is 4.25. The van der Waals surface area contributed by atoms with Crippen molar-refractivity contribution in [3.05, 3.63) is 35.9 Å². The number of hydrogen-bond donors (Lipinski definition) is 1. The summed E-state index contributed by atoms with van der Waals surface area (Å²) in [5, 5.41) is 3.60. The SMILES string of the molecule is c1ccc(C2CNCCC2N2CCC(OCC3CC3)CC2)cc1. The minimum absolute atomic E-state index is 0.517. The van der Waals surface area contributed by atoms with Crippen molar-refractivity contribution in [1.29, 1.82) is 0 Å². The van der Waals surface area contributed by atoms with E-state index in [-0.39, 0.29) is 0 Å². The molecule has 2 saturated heterocycles. The summed E-state index contributed by atoms with van der Waals surface area (Å²) in [6.07, 6.45) is 7.02. The lowest BCUT2D eigenvalue weighted by molar-refractivity contribution is -0.0119. The molecule has 2 aliphatic heterocycles. The summed E-state index contributed by atoms with van der Waals surface area (Å²) in [6, 6.07) is 11.8. The van der Waals surface area contributed by atoms with Gasteiger partial charge in [0, 0.05) is 38.2 Å². The summed E-state index contributed by atoms with van der Waals surface area (Å²) in [5.41, 5.74) is 1.50. The van der Waals surface area contributed by atoms with Gasteiger partial charge in [0.05, 0.1) is 6.10 Å². The second kappa shape index (κ2) is 7.33. The van der Waals surface area contributed by atoms with Gasteiger partial charge in [0.15, 0.2) is 0 Å². The van der Waals surface area contributed by atoms with Crippen LogP contribution in [0.4, 0.5) is 0 Å². The smallest absolute Gasteiger partial charge is 0.0599 e. The zero-order valence-electron chi connectivity index (χ0n) is 14.1. The Kier molecular flexibility index (Phi) is 4.98. The van der Waals surface area contributed by atoms with E-state index >= 15 is 0 Å². The Morgan fingerprint density at radius 1 is 1.00 bits per heavy atom. The molecule has 4 rings (SSSR count). The van der Waals surface area contributed by atoms with Gasteiger partial charge in [-0.05, 0) is 50.1 Å². The number of piperidine rings is 2. The van der Waals surface area contributed by atoms with Crippen LogP contribution in [0.3, 0.4) is 0 Å². The summed E-state index contributed by atoms with van der Waals surface area (Å²) in [7, 11) is 0. The van der Waals surface area contributed by atoms with Gasteiger partial charge in [0.1, 0.15) is 0 Å². The highest BCUT2D eigenvalue weighted by molar-refractivity contribution is 5.22. The third kappa shape index (κ3) is 3.96. The maximum atomic E-state index is 6.11. The van der Waals surface area contributed by atoms with E-state index in [1.165, 1.54) is 50.8 Å². The molecule has 0 spiro atoms. The molecule has 3 heteroatoms. The predicted molar refractivity (Wildman–Crippen MR) is 93.7 cm³/mol. The Morgan fingerprint density at radius 3 is 2.52 bits per heavy atom. The molecule has 3 nitrogen and oxygen atoms in total. The molecule has 0 bridgehead atoms. The van der Waals surface area contributed by atoms with Crippen LogP contribution in [0.5, 0.6) is 0 Å². The molecule has 2 unspecified atom stereocenters. The third-order valence-electron chi connectivity index (χ3n) is 5.88. The first-order chi connectivity index (χ1) is 11.4. The van der Waals surface area contributed by atoms with Gasteiger partial charge in [-0.15, -0.1) is 0 Å². The normalized spacial score (nSPS) is 30.4. The fourth-order valence-corrected chi connectivity index (χ4v) is 4.25. The van der Waals surface area contributed by atoms with Crippen LogP contribution in [-0.2, 0) is 4.74 Å². The van der Waals surface area contributed by atoms with Crippen LogP contribution in [0.2, 0.25) is 0 Å². The van der Waals surface area contributed by atoms with Gasteiger partial charge in [0.2, 0.25) is 0 Å². The van der Waals surface area contributed by atoms with Crippen molar-refractivity contribution < 1.29 is 4.74 Å². The molecule has 1 aromatic rings. The van der Waals surface area contributed by atoms with Crippen molar-refractivity contribution >= 4 is 0 Å². The van der Waals surface area contributed by atoms with Gasteiger partial charge in [0.25, 0.3) is 0 Å². The Labute approximate surface area is 140 Å². The van der Waals surface area contributed by atoms with E-state index in [4.69, 9.17) is 4.74 Å². The number of hydrogen-bond acceptors (Lipinski definition) is 3. The van der Waals surface area contributed by atoms with Crippen LogP contribution >= 0.6 is 0 Å². The highest BCUT2D eigenvalue weighted by Crippen LogP contribution is 2.32. The van der Waals surface area contributed by atoms with Crippen LogP contribution < -0.4 is 5.32 Å². The van der Waals surface area contributed by atoms with Gasteiger partial charge in [-0.3, -0.25) is 4.90 Å². The molecular formula is C20H30N2O. The minimum Gasteiger partial charge on any atom is -0.378 e. The van der Waals surface area contributed by atoms with Crippen LogP contribution in [0.1, 0.15) is 43.6 Å². The van der Waals surface area contributed by atoms with Gasteiger partial charge in [-0.1, -0.05) is 30.3 Å². The van der Waals surface area contributed by atoms with E-state index in [2.05, 4.69) is 40.5 Å². The molecule has 23 heavy (non-hydrogen) atoms. The maximum absolute atomic E-state index is 6.11. The molecule has 1 aromatic carbocycles. The van der Waals surface area contributed by atoms with Crippen LogP contribution in [0.15, 0.2) is 30.3 Å². The van der Waals surface area contributed by atoms with E-state index in [1.54, 1.807) is 0 Å². The van der Waals surface area contributed by atoms with Crippen LogP contribution in [0.25, 0.3) is 0 Å². The first kappa shape index (κ1) is 15.6. The molecular weight excluding hydrogens is 284 g/mol. The molecule has 1 N–H and O–H groups in total. The van der Waals surface area contributed by atoms with Crippen molar-refractivity contribution in [2.75, 3.05) is 32.8 Å². The molecule has 3 fully saturated rings. The first-order valence-corrected chi connectivity index (χ1v) is 9.51. The molecule has 0 aromatic heterocycles. The second-order valence-corrected chi connectivity index (χ2v) is 7.59. The summed E-state index contributed by atoms with van der Waals surface area (Å²) in [5.74, 6) is 1.52. The lowest BCUT2D eigenvalue weighted by Crippen LogP contribution is -2.51. The largest absolute Gasteiger partial charge is 0.378 e. The lowest BCUT2D eigenvalue weighted by atomic mass is 9.85. The topological polar surface area (TPSA) is 24.5 Å². The highest BCUT2D eigenvalue weighted by atomic mass is 16.5. The van der Waals surface area contributed by atoms with Crippen LogP contribution in [-0.4, -0.2) is 49.8 Å². The van der Waals surface area contributed by atoms with E-state index in [0.29, 0.717) is 18.1 Å². The zero-order valence-corrected chi connectivity index (χ0v) is 14.1. The standard InChI is InChI=1S/C20H30N2O/c1-2-4-17(5-3-1)19-14-21-11-8-20(19)22-12-9-18(10-13-22)23-15-16-6-7-16/h1-5,16,18-21H,6-15H2. The third-order valence-corrected chi connectivity index (χ3v) is 5.88. The number of nitrogens with zero attached hydrogens (tertiary/aromatic N) is 1. The quantitative estimate of drug-likeness (QED) is 0.904. The Hall–Kier alpha value is -0.900. The summed E-state index contributed by atoms with van der Waals surface area (Å²) in [4.78, 5) is 2.75. The lowest BCUT2D eigenvalue weighted by Gasteiger charge is -2.43. The maximum Gasteiger partial charge on any atom is 0.0599 e. The molecule has 2 heterocycles. The average molecular weight is 314 g/mol. The van der Waals surface area contributed by atoms with Gasteiger partial charge in [-0.25, -0.2) is 0 Å². The van der Waals surface area contributed by atoms with Crippen molar-refractivity contribution in [3.8, 4) is 0 Å². The zero-order chi connectivity index (χ0) is 15.5.